The number of aromatic nitrogens is 2. The Labute approximate surface area is 149 Å². The number of hydrogen-bond donors (Lipinski definition) is 2. The van der Waals surface area contributed by atoms with Gasteiger partial charge in [-0.05, 0) is 49.3 Å². The van der Waals surface area contributed by atoms with E-state index in [1.165, 1.54) is 12.2 Å². The van der Waals surface area contributed by atoms with E-state index in [-0.39, 0.29) is 18.3 Å². The Hall–Kier alpha value is -0.720. The summed E-state index contributed by atoms with van der Waals surface area (Å²) >= 11 is 1.95. The van der Waals surface area contributed by atoms with Gasteiger partial charge in [0, 0.05) is 19.3 Å². The predicted molar refractivity (Wildman–Crippen MR) is 99.7 cm³/mol. The second-order valence-electron chi connectivity index (χ2n) is 6.26. The molecule has 1 aliphatic rings. The standard InChI is InChI=1S/C16H28N4OS.ClH/c1-13(2)12-22-10-4-8-18-16(21)15-6-9-20(19-15)14-5-3-7-17-11-14;/h6,9,13-14,17H,3-5,7-8,10-12H2,1-2H3,(H,18,21);1H. The van der Waals surface area contributed by atoms with Crippen LogP contribution < -0.4 is 10.6 Å². The molecule has 1 aromatic rings. The Morgan fingerprint density at radius 3 is 3.09 bits per heavy atom. The van der Waals surface area contributed by atoms with Crippen LogP contribution in [-0.4, -0.2) is 46.8 Å². The zero-order chi connectivity index (χ0) is 15.8. The second kappa shape index (κ2) is 10.9. The molecule has 1 fully saturated rings. The van der Waals surface area contributed by atoms with Crippen LogP contribution >= 0.6 is 24.2 Å². The molecule has 5 nitrogen and oxygen atoms in total. The number of thioether (sulfide) groups is 1. The summed E-state index contributed by atoms with van der Waals surface area (Å²) in [7, 11) is 0. The molecule has 132 valence electrons. The monoisotopic (exact) mass is 360 g/mol. The lowest BCUT2D eigenvalue weighted by Gasteiger charge is -2.22. The van der Waals surface area contributed by atoms with Gasteiger partial charge in [0.2, 0.25) is 0 Å². The molecule has 1 atom stereocenters. The number of halogens is 1. The maximum Gasteiger partial charge on any atom is 0.271 e. The van der Waals surface area contributed by atoms with Gasteiger partial charge in [0.15, 0.2) is 0 Å². The Morgan fingerprint density at radius 2 is 2.39 bits per heavy atom. The van der Waals surface area contributed by atoms with Crippen molar-refractivity contribution in [3.63, 3.8) is 0 Å². The summed E-state index contributed by atoms with van der Waals surface area (Å²) in [4.78, 5) is 12.1. The minimum Gasteiger partial charge on any atom is -0.351 e. The van der Waals surface area contributed by atoms with Gasteiger partial charge in [-0.2, -0.15) is 16.9 Å². The van der Waals surface area contributed by atoms with E-state index in [4.69, 9.17) is 0 Å². The van der Waals surface area contributed by atoms with Crippen molar-refractivity contribution in [3.8, 4) is 0 Å². The van der Waals surface area contributed by atoms with E-state index in [1.54, 1.807) is 0 Å². The SMILES string of the molecule is CC(C)CSCCCNC(=O)c1ccn(C2CCCNC2)n1.Cl. The molecule has 2 heterocycles. The highest BCUT2D eigenvalue weighted by molar-refractivity contribution is 7.99. The van der Waals surface area contributed by atoms with Gasteiger partial charge >= 0.3 is 0 Å². The van der Waals surface area contributed by atoms with Gasteiger partial charge in [0.1, 0.15) is 5.69 Å². The summed E-state index contributed by atoms with van der Waals surface area (Å²) in [6.07, 6.45) is 5.23. The number of nitrogens with one attached hydrogen (secondary N) is 2. The molecule has 2 rings (SSSR count). The lowest BCUT2D eigenvalue weighted by Crippen LogP contribution is -2.32. The molecule has 0 aliphatic carbocycles. The molecular formula is C16H29ClN4OS. The van der Waals surface area contributed by atoms with Crippen LogP contribution in [0.25, 0.3) is 0 Å². The molecule has 0 bridgehead atoms. The van der Waals surface area contributed by atoms with Crippen LogP contribution in [0.5, 0.6) is 0 Å². The zero-order valence-corrected chi connectivity index (χ0v) is 15.7. The molecule has 0 radical (unpaired) electrons. The molecule has 0 spiro atoms. The molecule has 1 aromatic heterocycles. The van der Waals surface area contributed by atoms with Crippen molar-refractivity contribution in [2.24, 2.45) is 5.92 Å². The number of carbonyl (C=O) groups is 1. The van der Waals surface area contributed by atoms with Gasteiger partial charge in [-0.3, -0.25) is 9.48 Å². The molecule has 0 aromatic carbocycles. The molecule has 0 saturated carbocycles. The fraction of sp³-hybridized carbons (Fsp3) is 0.750. The maximum atomic E-state index is 12.1. The van der Waals surface area contributed by atoms with E-state index in [1.807, 2.05) is 28.7 Å². The number of piperidine rings is 1. The smallest absolute Gasteiger partial charge is 0.271 e. The van der Waals surface area contributed by atoms with Gasteiger partial charge in [0.05, 0.1) is 6.04 Å². The quantitative estimate of drug-likeness (QED) is 0.700. The van der Waals surface area contributed by atoms with Gasteiger partial charge in [-0.1, -0.05) is 13.8 Å². The lowest BCUT2D eigenvalue weighted by atomic mass is 10.1. The minimum atomic E-state index is -0.0589. The number of nitrogens with zero attached hydrogens (tertiary/aromatic N) is 2. The third-order valence-electron chi connectivity index (χ3n) is 3.69. The number of hydrogen-bond acceptors (Lipinski definition) is 4. The molecule has 1 unspecified atom stereocenters. The Morgan fingerprint density at radius 1 is 1.57 bits per heavy atom. The van der Waals surface area contributed by atoms with E-state index < -0.39 is 0 Å². The van der Waals surface area contributed by atoms with Crippen LogP contribution in [0, 0.1) is 5.92 Å². The van der Waals surface area contributed by atoms with Crippen molar-refractivity contribution in [3.05, 3.63) is 18.0 Å². The molecule has 1 aliphatic heterocycles. The van der Waals surface area contributed by atoms with Crippen LogP contribution in [0.4, 0.5) is 0 Å². The lowest BCUT2D eigenvalue weighted by molar-refractivity contribution is 0.0947. The topological polar surface area (TPSA) is 59.0 Å². The largest absolute Gasteiger partial charge is 0.351 e. The molecular weight excluding hydrogens is 332 g/mol. The van der Waals surface area contributed by atoms with E-state index in [0.29, 0.717) is 11.7 Å². The van der Waals surface area contributed by atoms with Crippen LogP contribution in [0.15, 0.2) is 12.3 Å². The van der Waals surface area contributed by atoms with E-state index in [2.05, 4.69) is 29.6 Å². The van der Waals surface area contributed by atoms with E-state index >= 15 is 0 Å². The van der Waals surface area contributed by atoms with E-state index in [9.17, 15) is 4.79 Å². The van der Waals surface area contributed by atoms with Crippen molar-refractivity contribution in [2.45, 2.75) is 39.2 Å². The summed E-state index contributed by atoms with van der Waals surface area (Å²) < 4.78 is 1.93. The first-order valence-corrected chi connectivity index (χ1v) is 9.44. The van der Waals surface area contributed by atoms with Crippen LogP contribution in [-0.2, 0) is 0 Å². The van der Waals surface area contributed by atoms with Crippen LogP contribution in [0.3, 0.4) is 0 Å². The van der Waals surface area contributed by atoms with Crippen molar-refractivity contribution >= 4 is 30.1 Å². The Bertz CT molecular complexity index is 461. The maximum absolute atomic E-state index is 12.1. The number of amides is 1. The Kier molecular flexibility index (Phi) is 9.67. The average Bonchev–Trinajstić information content (AvgIpc) is 3.01. The van der Waals surface area contributed by atoms with Crippen molar-refractivity contribution in [2.75, 3.05) is 31.1 Å². The number of rotatable bonds is 8. The fourth-order valence-corrected chi connectivity index (χ4v) is 3.49. The predicted octanol–water partition coefficient (Wildman–Crippen LogP) is 2.74. The highest BCUT2D eigenvalue weighted by Crippen LogP contribution is 2.15. The minimum absolute atomic E-state index is 0. The normalized spacial score (nSPS) is 17.8. The van der Waals surface area contributed by atoms with Gasteiger partial charge < -0.3 is 10.6 Å². The van der Waals surface area contributed by atoms with Crippen molar-refractivity contribution in [1.82, 2.24) is 20.4 Å². The Balaban J connectivity index is 0.00000264. The van der Waals surface area contributed by atoms with Crippen molar-refractivity contribution < 1.29 is 4.79 Å². The first-order chi connectivity index (χ1) is 10.7. The molecule has 1 amide bonds. The second-order valence-corrected chi connectivity index (χ2v) is 7.41. The van der Waals surface area contributed by atoms with Gasteiger partial charge in [-0.25, -0.2) is 0 Å². The van der Waals surface area contributed by atoms with Crippen molar-refractivity contribution in [1.29, 1.82) is 0 Å². The summed E-state index contributed by atoms with van der Waals surface area (Å²) in [5, 5.41) is 10.8. The average molecular weight is 361 g/mol. The summed E-state index contributed by atoms with van der Waals surface area (Å²) in [5.74, 6) is 2.96. The molecule has 7 heteroatoms. The summed E-state index contributed by atoms with van der Waals surface area (Å²) in [6.45, 7) is 7.21. The fourth-order valence-electron chi connectivity index (χ4n) is 2.51. The van der Waals surface area contributed by atoms with Crippen LogP contribution in [0.2, 0.25) is 0 Å². The van der Waals surface area contributed by atoms with Crippen LogP contribution in [0.1, 0.15) is 49.6 Å². The number of carbonyl (C=O) groups excluding carboxylic acids is 1. The third kappa shape index (κ3) is 7.14. The first-order valence-electron chi connectivity index (χ1n) is 8.28. The van der Waals surface area contributed by atoms with Gasteiger partial charge in [-0.15, -0.1) is 12.4 Å². The third-order valence-corrected chi connectivity index (χ3v) is 5.17. The van der Waals surface area contributed by atoms with Gasteiger partial charge in [0.25, 0.3) is 5.91 Å². The molecule has 2 N–H and O–H groups in total. The molecule has 1 saturated heterocycles. The summed E-state index contributed by atoms with van der Waals surface area (Å²) in [6, 6.07) is 2.19. The highest BCUT2D eigenvalue weighted by atomic mass is 35.5. The highest BCUT2D eigenvalue weighted by Gasteiger charge is 2.17. The van der Waals surface area contributed by atoms with E-state index in [0.717, 1.165) is 44.1 Å². The first kappa shape index (κ1) is 20.3. The zero-order valence-electron chi connectivity index (χ0n) is 14.1. The molecule has 23 heavy (non-hydrogen) atoms. The summed E-state index contributed by atoms with van der Waals surface area (Å²) in [5.41, 5.74) is 0.528.